The Labute approximate surface area is 157 Å². The number of hydrogen-bond acceptors (Lipinski definition) is 4. The van der Waals surface area contributed by atoms with Crippen LogP contribution in [0.4, 0.5) is 5.69 Å². The van der Waals surface area contributed by atoms with Gasteiger partial charge in [0.1, 0.15) is 5.60 Å². The van der Waals surface area contributed by atoms with Crippen molar-refractivity contribution in [2.24, 2.45) is 5.92 Å². The molecule has 2 amide bonds. The molecule has 136 valence electrons. The predicted octanol–water partition coefficient (Wildman–Crippen LogP) is 2.76. The van der Waals surface area contributed by atoms with Crippen LogP contribution in [0.3, 0.4) is 0 Å². The van der Waals surface area contributed by atoms with Gasteiger partial charge in [-0.1, -0.05) is 36.4 Å². The van der Waals surface area contributed by atoms with Gasteiger partial charge in [-0.3, -0.25) is 9.59 Å². The van der Waals surface area contributed by atoms with Gasteiger partial charge in [-0.2, -0.15) is 0 Å². The maximum absolute atomic E-state index is 12.2. The summed E-state index contributed by atoms with van der Waals surface area (Å²) in [4.78, 5) is 25.3. The van der Waals surface area contributed by atoms with E-state index in [0.29, 0.717) is 5.69 Å². The molecular formula is C20H22N2O3S. The normalized spacial score (nSPS) is 15.8. The largest absolute Gasteiger partial charge is 0.383 e. The number of hydrogen-bond donors (Lipinski definition) is 3. The molecule has 2 aromatic rings. The first kappa shape index (κ1) is 18.5. The van der Waals surface area contributed by atoms with E-state index in [-0.39, 0.29) is 12.5 Å². The topological polar surface area (TPSA) is 78.4 Å². The lowest BCUT2D eigenvalue weighted by Crippen LogP contribution is -2.45. The van der Waals surface area contributed by atoms with E-state index in [9.17, 15) is 14.7 Å². The summed E-state index contributed by atoms with van der Waals surface area (Å²) in [6, 6.07) is 16.6. The highest BCUT2D eigenvalue weighted by Gasteiger charge is 2.45. The number of thioether (sulfide) groups is 1. The third-order valence-electron chi connectivity index (χ3n) is 4.58. The predicted molar refractivity (Wildman–Crippen MR) is 103 cm³/mol. The fourth-order valence-electron chi connectivity index (χ4n) is 2.95. The van der Waals surface area contributed by atoms with E-state index in [2.05, 4.69) is 10.6 Å². The van der Waals surface area contributed by atoms with E-state index in [1.54, 1.807) is 23.9 Å². The molecule has 0 spiro atoms. The Kier molecular flexibility index (Phi) is 5.64. The molecule has 6 heteroatoms. The zero-order chi connectivity index (χ0) is 18.6. The van der Waals surface area contributed by atoms with Crippen molar-refractivity contribution in [3.63, 3.8) is 0 Å². The minimum Gasteiger partial charge on any atom is -0.383 e. The van der Waals surface area contributed by atoms with Crippen molar-refractivity contribution in [2.75, 3.05) is 18.1 Å². The average molecular weight is 370 g/mol. The second kappa shape index (κ2) is 7.93. The first-order chi connectivity index (χ1) is 12.5. The van der Waals surface area contributed by atoms with Crippen molar-refractivity contribution in [1.29, 1.82) is 0 Å². The van der Waals surface area contributed by atoms with Gasteiger partial charge in [0.2, 0.25) is 0 Å². The highest BCUT2D eigenvalue weighted by atomic mass is 32.2. The molecule has 3 rings (SSSR count). The summed E-state index contributed by atoms with van der Waals surface area (Å²) in [5, 5.41) is 16.2. The van der Waals surface area contributed by atoms with Crippen LogP contribution in [-0.2, 0) is 15.2 Å². The molecule has 0 aromatic heterocycles. The molecule has 1 aliphatic carbocycles. The monoisotopic (exact) mass is 370 g/mol. The molecule has 0 saturated heterocycles. The average Bonchev–Trinajstić information content (AvgIpc) is 3.52. The van der Waals surface area contributed by atoms with Gasteiger partial charge in [-0.25, -0.2) is 0 Å². The van der Waals surface area contributed by atoms with Gasteiger partial charge in [-0.05, 0) is 48.8 Å². The minimum absolute atomic E-state index is 0.0127. The van der Waals surface area contributed by atoms with Crippen LogP contribution in [0.5, 0.6) is 0 Å². The van der Waals surface area contributed by atoms with Crippen LogP contribution in [0.1, 0.15) is 18.4 Å². The second-order valence-corrected chi connectivity index (χ2v) is 7.31. The number of carbonyl (C=O) groups is 2. The van der Waals surface area contributed by atoms with E-state index >= 15 is 0 Å². The van der Waals surface area contributed by atoms with Gasteiger partial charge in [-0.15, -0.1) is 11.8 Å². The molecule has 1 saturated carbocycles. The number of amides is 2. The molecule has 1 aliphatic rings. The first-order valence-electron chi connectivity index (χ1n) is 8.54. The Balaban J connectivity index is 1.62. The molecule has 1 atom stereocenters. The molecule has 1 unspecified atom stereocenters. The molecule has 5 nitrogen and oxygen atoms in total. The van der Waals surface area contributed by atoms with Crippen LogP contribution >= 0.6 is 11.8 Å². The highest BCUT2D eigenvalue weighted by molar-refractivity contribution is 7.98. The van der Waals surface area contributed by atoms with Crippen molar-refractivity contribution >= 4 is 29.3 Å². The van der Waals surface area contributed by atoms with Crippen molar-refractivity contribution in [2.45, 2.75) is 23.3 Å². The quantitative estimate of drug-likeness (QED) is 0.540. The minimum atomic E-state index is -1.14. The zero-order valence-corrected chi connectivity index (χ0v) is 15.4. The van der Waals surface area contributed by atoms with Crippen molar-refractivity contribution in [1.82, 2.24) is 5.32 Å². The summed E-state index contributed by atoms with van der Waals surface area (Å²) in [6.45, 7) is 0.0127. The van der Waals surface area contributed by atoms with Crippen LogP contribution < -0.4 is 10.6 Å². The smallest absolute Gasteiger partial charge is 0.313 e. The van der Waals surface area contributed by atoms with Gasteiger partial charge >= 0.3 is 11.8 Å². The molecule has 2 aromatic carbocycles. The van der Waals surface area contributed by atoms with Gasteiger partial charge in [0.25, 0.3) is 0 Å². The van der Waals surface area contributed by atoms with E-state index < -0.39 is 17.4 Å². The zero-order valence-electron chi connectivity index (χ0n) is 14.6. The van der Waals surface area contributed by atoms with E-state index in [4.69, 9.17) is 0 Å². The lowest BCUT2D eigenvalue weighted by molar-refractivity contribution is -0.137. The fourth-order valence-corrected chi connectivity index (χ4v) is 3.41. The molecule has 0 radical (unpaired) electrons. The third kappa shape index (κ3) is 4.26. The lowest BCUT2D eigenvalue weighted by Gasteiger charge is -2.29. The summed E-state index contributed by atoms with van der Waals surface area (Å²) in [5.74, 6) is -1.39. The van der Waals surface area contributed by atoms with Gasteiger partial charge in [0.15, 0.2) is 0 Å². The summed E-state index contributed by atoms with van der Waals surface area (Å²) < 4.78 is 0. The SMILES string of the molecule is CSc1cccc(NC(=O)C(=O)NCC(O)(c2ccccc2)C2CC2)c1. The van der Waals surface area contributed by atoms with Crippen LogP contribution in [-0.4, -0.2) is 29.7 Å². The Hall–Kier alpha value is -2.31. The third-order valence-corrected chi connectivity index (χ3v) is 5.30. The van der Waals surface area contributed by atoms with Crippen molar-refractivity contribution in [3.05, 3.63) is 60.2 Å². The lowest BCUT2D eigenvalue weighted by atomic mass is 9.88. The number of anilines is 1. The highest BCUT2D eigenvalue weighted by Crippen LogP contribution is 2.45. The molecule has 3 N–H and O–H groups in total. The fraction of sp³-hybridized carbons (Fsp3) is 0.300. The molecule has 26 heavy (non-hydrogen) atoms. The second-order valence-electron chi connectivity index (χ2n) is 6.43. The van der Waals surface area contributed by atoms with E-state index in [1.807, 2.05) is 48.7 Å². The number of benzene rings is 2. The summed E-state index contributed by atoms with van der Waals surface area (Å²) in [6.07, 6.45) is 3.76. The maximum Gasteiger partial charge on any atom is 0.313 e. The number of carbonyl (C=O) groups excluding carboxylic acids is 2. The summed E-state index contributed by atoms with van der Waals surface area (Å²) in [5.41, 5.74) is 0.184. The van der Waals surface area contributed by atoms with Gasteiger partial charge < -0.3 is 15.7 Å². The Morgan fingerprint density at radius 2 is 1.85 bits per heavy atom. The number of aliphatic hydroxyl groups is 1. The van der Waals surface area contributed by atoms with Crippen LogP contribution in [0, 0.1) is 5.92 Å². The Bertz CT molecular complexity index is 793. The molecule has 1 fully saturated rings. The first-order valence-corrected chi connectivity index (χ1v) is 9.76. The molecule has 0 heterocycles. The number of nitrogens with one attached hydrogen (secondary N) is 2. The van der Waals surface area contributed by atoms with Crippen LogP contribution in [0.25, 0.3) is 0 Å². The van der Waals surface area contributed by atoms with Crippen molar-refractivity contribution in [3.8, 4) is 0 Å². The van der Waals surface area contributed by atoms with Gasteiger partial charge in [0.05, 0.1) is 6.54 Å². The summed E-state index contributed by atoms with van der Waals surface area (Å²) >= 11 is 1.55. The van der Waals surface area contributed by atoms with E-state index in [1.165, 1.54) is 0 Å². The van der Waals surface area contributed by atoms with Gasteiger partial charge in [0, 0.05) is 10.6 Å². The van der Waals surface area contributed by atoms with Crippen molar-refractivity contribution < 1.29 is 14.7 Å². The maximum atomic E-state index is 12.2. The standard InChI is InChI=1S/C20H22N2O3S/c1-26-17-9-5-8-16(12-17)22-19(24)18(23)21-13-20(25,15-10-11-15)14-6-3-2-4-7-14/h2-9,12,15,25H,10-11,13H2,1H3,(H,21,23)(H,22,24). The van der Waals surface area contributed by atoms with Crippen LogP contribution in [0.15, 0.2) is 59.5 Å². The molecule has 0 aliphatic heterocycles. The molecule has 0 bridgehead atoms. The Morgan fingerprint density at radius 3 is 2.50 bits per heavy atom. The number of rotatable bonds is 6. The summed E-state index contributed by atoms with van der Waals surface area (Å²) in [7, 11) is 0. The van der Waals surface area contributed by atoms with E-state index in [0.717, 1.165) is 23.3 Å². The van der Waals surface area contributed by atoms with Crippen LogP contribution in [0.2, 0.25) is 0 Å². The molecular weight excluding hydrogens is 348 g/mol. The Morgan fingerprint density at radius 1 is 1.12 bits per heavy atom.